The summed E-state index contributed by atoms with van der Waals surface area (Å²) in [5, 5.41) is 4.03. The Morgan fingerprint density at radius 1 is 1.11 bits per heavy atom. The molecule has 28 heavy (non-hydrogen) atoms. The fraction of sp³-hybridized carbons (Fsp3) is 0.571. The van der Waals surface area contributed by atoms with Gasteiger partial charge in [0.15, 0.2) is 0 Å². The lowest BCUT2D eigenvalue weighted by atomic mass is 9.86. The Bertz CT molecular complexity index is 960. The van der Waals surface area contributed by atoms with E-state index in [1.54, 1.807) is 16.4 Å². The first-order valence-electron chi connectivity index (χ1n) is 10.3. The highest BCUT2D eigenvalue weighted by Crippen LogP contribution is 2.26. The lowest BCUT2D eigenvalue weighted by Crippen LogP contribution is -2.42. The van der Waals surface area contributed by atoms with Gasteiger partial charge < -0.3 is 9.88 Å². The number of fused-ring (bicyclic) bond motifs is 1. The number of nitrogens with one attached hydrogen (secondary N) is 1. The molecule has 0 unspecified atom stereocenters. The van der Waals surface area contributed by atoms with Crippen LogP contribution in [0.1, 0.15) is 45.4 Å². The van der Waals surface area contributed by atoms with E-state index in [9.17, 15) is 13.2 Å². The van der Waals surface area contributed by atoms with Crippen molar-refractivity contribution in [3.8, 4) is 0 Å². The molecule has 2 heterocycles. The van der Waals surface area contributed by atoms with Crippen LogP contribution in [0.15, 0.2) is 35.4 Å². The van der Waals surface area contributed by atoms with Gasteiger partial charge in [-0.1, -0.05) is 19.8 Å². The van der Waals surface area contributed by atoms with Crippen LogP contribution in [0.25, 0.3) is 10.9 Å². The minimum Gasteiger partial charge on any atom is -0.352 e. The summed E-state index contributed by atoms with van der Waals surface area (Å²) in [5.41, 5.74) is 0.882. The Kier molecular flexibility index (Phi) is 5.47. The van der Waals surface area contributed by atoms with Crippen molar-refractivity contribution in [2.45, 2.75) is 62.9 Å². The highest BCUT2D eigenvalue weighted by molar-refractivity contribution is 7.89. The second kappa shape index (κ2) is 7.87. The molecular weight excluding hydrogens is 374 g/mol. The average molecular weight is 404 g/mol. The number of aromatic nitrogens is 1. The maximum Gasteiger partial charge on any atom is 0.243 e. The lowest BCUT2D eigenvalue weighted by Gasteiger charge is -2.29. The third kappa shape index (κ3) is 3.82. The molecule has 0 bridgehead atoms. The number of rotatable bonds is 5. The average Bonchev–Trinajstić information content (AvgIpc) is 3.34. The van der Waals surface area contributed by atoms with Gasteiger partial charge in [-0.15, -0.1) is 0 Å². The normalized spacial score (nSPS) is 23.9. The SMILES string of the molecule is C[C@@H]1CCCC[C@@H]1NC(=O)Cn1ccc2cc(S(=O)(=O)N3CCCC3)ccc21. The second-order valence-corrected chi connectivity index (χ2v) is 10.1. The number of carbonyl (C=O) groups excluding carboxylic acids is 1. The van der Waals surface area contributed by atoms with Gasteiger partial charge >= 0.3 is 0 Å². The zero-order valence-corrected chi connectivity index (χ0v) is 17.2. The number of nitrogens with zero attached hydrogens (tertiary/aromatic N) is 2. The summed E-state index contributed by atoms with van der Waals surface area (Å²) in [4.78, 5) is 12.9. The Labute approximate surface area is 166 Å². The molecule has 0 radical (unpaired) electrons. The number of amides is 1. The van der Waals surface area contributed by atoms with Crippen LogP contribution in [0.5, 0.6) is 0 Å². The molecule has 152 valence electrons. The molecule has 1 N–H and O–H groups in total. The fourth-order valence-electron chi connectivity index (χ4n) is 4.49. The largest absolute Gasteiger partial charge is 0.352 e. The molecule has 7 heteroatoms. The molecule has 1 aromatic heterocycles. The Morgan fingerprint density at radius 3 is 2.61 bits per heavy atom. The summed E-state index contributed by atoms with van der Waals surface area (Å²) < 4.78 is 29.0. The molecule has 6 nitrogen and oxygen atoms in total. The van der Waals surface area contributed by atoms with E-state index < -0.39 is 10.0 Å². The topological polar surface area (TPSA) is 71.4 Å². The molecule has 1 saturated heterocycles. The van der Waals surface area contributed by atoms with E-state index in [1.807, 2.05) is 22.9 Å². The first-order chi connectivity index (χ1) is 13.4. The van der Waals surface area contributed by atoms with Crippen molar-refractivity contribution in [1.82, 2.24) is 14.2 Å². The fourth-order valence-corrected chi connectivity index (χ4v) is 6.04. The van der Waals surface area contributed by atoms with Crippen LogP contribution < -0.4 is 5.32 Å². The summed E-state index contributed by atoms with van der Waals surface area (Å²) in [7, 11) is -3.42. The van der Waals surface area contributed by atoms with Crippen LogP contribution in [-0.4, -0.2) is 42.3 Å². The van der Waals surface area contributed by atoms with Crippen LogP contribution in [0.2, 0.25) is 0 Å². The van der Waals surface area contributed by atoms with Gasteiger partial charge in [0.2, 0.25) is 15.9 Å². The van der Waals surface area contributed by atoms with Crippen LogP contribution in [-0.2, 0) is 21.4 Å². The van der Waals surface area contributed by atoms with E-state index >= 15 is 0 Å². The van der Waals surface area contributed by atoms with Crippen molar-refractivity contribution in [3.63, 3.8) is 0 Å². The summed E-state index contributed by atoms with van der Waals surface area (Å²) in [6, 6.07) is 7.35. The van der Waals surface area contributed by atoms with Gasteiger partial charge in [0.1, 0.15) is 6.54 Å². The van der Waals surface area contributed by atoms with Crippen molar-refractivity contribution in [2.75, 3.05) is 13.1 Å². The molecule has 0 spiro atoms. The minimum atomic E-state index is -3.42. The standard InChI is InChI=1S/C21H29N3O3S/c1-16-6-2-3-7-19(16)22-21(25)15-23-13-10-17-14-18(8-9-20(17)23)28(26,27)24-11-4-5-12-24/h8-10,13-14,16,19H,2-7,11-12,15H2,1H3,(H,22,25)/t16-,19+/m1/s1. The van der Waals surface area contributed by atoms with Crippen LogP contribution in [0.3, 0.4) is 0 Å². The number of sulfonamides is 1. The van der Waals surface area contributed by atoms with Crippen LogP contribution in [0.4, 0.5) is 0 Å². The molecule has 1 aliphatic heterocycles. The van der Waals surface area contributed by atoms with E-state index in [0.717, 1.165) is 30.2 Å². The van der Waals surface area contributed by atoms with Crippen LogP contribution >= 0.6 is 0 Å². The van der Waals surface area contributed by atoms with Gasteiger partial charge in [-0.3, -0.25) is 4.79 Å². The number of benzene rings is 1. The van der Waals surface area contributed by atoms with E-state index in [1.165, 1.54) is 19.3 Å². The summed E-state index contributed by atoms with van der Waals surface area (Å²) >= 11 is 0. The summed E-state index contributed by atoms with van der Waals surface area (Å²) in [6.07, 6.45) is 8.36. The van der Waals surface area contributed by atoms with E-state index in [-0.39, 0.29) is 18.5 Å². The lowest BCUT2D eigenvalue weighted by molar-refractivity contribution is -0.122. The van der Waals surface area contributed by atoms with Crippen molar-refractivity contribution >= 4 is 26.8 Å². The predicted octanol–water partition coefficient (Wildman–Crippen LogP) is 3.12. The van der Waals surface area contributed by atoms with Crippen molar-refractivity contribution in [1.29, 1.82) is 0 Å². The smallest absolute Gasteiger partial charge is 0.243 e. The van der Waals surface area contributed by atoms with E-state index in [0.29, 0.717) is 23.9 Å². The molecular formula is C21H29N3O3S. The maximum atomic E-state index is 12.8. The molecule has 2 fully saturated rings. The van der Waals surface area contributed by atoms with Crippen molar-refractivity contribution in [2.24, 2.45) is 5.92 Å². The quantitative estimate of drug-likeness (QED) is 0.834. The monoisotopic (exact) mass is 403 g/mol. The molecule has 2 aromatic rings. The van der Waals surface area contributed by atoms with Gasteiger partial charge in [0.25, 0.3) is 0 Å². The Balaban J connectivity index is 1.49. The summed E-state index contributed by atoms with van der Waals surface area (Å²) in [6.45, 7) is 3.66. The molecule has 4 rings (SSSR count). The van der Waals surface area contributed by atoms with Gasteiger partial charge in [-0.25, -0.2) is 8.42 Å². The van der Waals surface area contributed by atoms with Gasteiger partial charge in [0.05, 0.1) is 4.90 Å². The number of hydrogen-bond donors (Lipinski definition) is 1. The van der Waals surface area contributed by atoms with Gasteiger partial charge in [-0.05, 0) is 55.9 Å². The highest BCUT2D eigenvalue weighted by atomic mass is 32.2. The summed E-state index contributed by atoms with van der Waals surface area (Å²) in [5.74, 6) is 0.544. The van der Waals surface area contributed by atoms with Crippen LogP contribution in [0, 0.1) is 5.92 Å². The van der Waals surface area contributed by atoms with Gasteiger partial charge in [0, 0.05) is 36.2 Å². The van der Waals surface area contributed by atoms with Crippen molar-refractivity contribution in [3.05, 3.63) is 30.5 Å². The Morgan fingerprint density at radius 2 is 1.86 bits per heavy atom. The molecule has 2 atom stereocenters. The third-order valence-electron chi connectivity index (χ3n) is 6.22. The molecule has 2 aliphatic rings. The number of hydrogen-bond acceptors (Lipinski definition) is 3. The van der Waals surface area contributed by atoms with E-state index in [4.69, 9.17) is 0 Å². The van der Waals surface area contributed by atoms with E-state index in [2.05, 4.69) is 12.2 Å². The second-order valence-electron chi connectivity index (χ2n) is 8.21. The molecule has 1 saturated carbocycles. The zero-order valence-electron chi connectivity index (χ0n) is 16.4. The molecule has 1 aromatic carbocycles. The molecule has 1 aliphatic carbocycles. The highest BCUT2D eigenvalue weighted by Gasteiger charge is 2.27. The van der Waals surface area contributed by atoms with Gasteiger partial charge in [-0.2, -0.15) is 4.31 Å². The number of carbonyl (C=O) groups is 1. The Hall–Kier alpha value is -1.86. The first kappa shape index (κ1) is 19.5. The minimum absolute atomic E-state index is 0.0185. The van der Waals surface area contributed by atoms with Crippen molar-refractivity contribution < 1.29 is 13.2 Å². The zero-order chi connectivity index (χ0) is 19.7. The third-order valence-corrected chi connectivity index (χ3v) is 8.11. The maximum absolute atomic E-state index is 12.8. The predicted molar refractivity (Wildman–Crippen MR) is 109 cm³/mol. The first-order valence-corrected chi connectivity index (χ1v) is 11.8. The molecule has 1 amide bonds.